The van der Waals surface area contributed by atoms with Crippen LogP contribution in [0.2, 0.25) is 0 Å². The maximum atomic E-state index is 15.4. The van der Waals surface area contributed by atoms with Gasteiger partial charge in [-0.25, -0.2) is 0 Å². The molecular weight excluding hydrogens is 1270 g/mol. The number of nitrogens with one attached hydrogen (secondary N) is 4. The van der Waals surface area contributed by atoms with E-state index < -0.39 is 167 Å². The predicted octanol–water partition coefficient (Wildman–Crippen LogP) is 3.56. The van der Waals surface area contributed by atoms with Crippen LogP contribution in [0.15, 0.2) is 12.2 Å². The molecule has 0 bridgehead atoms. The first-order valence-corrected chi connectivity index (χ1v) is 36.2. The highest BCUT2D eigenvalue weighted by Crippen LogP contribution is 2.27. The van der Waals surface area contributed by atoms with Crippen LogP contribution in [0.4, 0.5) is 0 Å². The van der Waals surface area contributed by atoms with E-state index in [1.54, 1.807) is 60.6 Å². The summed E-state index contributed by atoms with van der Waals surface area (Å²) in [6.07, 6.45) is 2.72. The van der Waals surface area contributed by atoms with Gasteiger partial charge in [-0.1, -0.05) is 109 Å². The highest BCUT2D eigenvalue weighted by Gasteiger charge is 2.46. The van der Waals surface area contributed by atoms with Crippen molar-refractivity contribution in [3.05, 3.63) is 12.2 Å². The van der Waals surface area contributed by atoms with Crippen molar-refractivity contribution >= 4 is 94.5 Å². The Labute approximate surface area is 581 Å². The van der Waals surface area contributed by atoms with Crippen molar-refractivity contribution in [3.8, 4) is 0 Å². The van der Waals surface area contributed by atoms with Crippen LogP contribution in [0.5, 0.6) is 0 Å². The molecule has 11 amide bonds. The molecule has 96 heavy (non-hydrogen) atoms. The number of rotatable bonds is 22. The van der Waals surface area contributed by atoms with Crippen LogP contribution in [-0.2, 0) is 62.3 Å². The molecule has 0 aliphatic carbocycles. The van der Waals surface area contributed by atoms with E-state index in [1.807, 2.05) is 55.4 Å². The van der Waals surface area contributed by atoms with E-state index in [4.69, 9.17) is 10.5 Å². The molecule has 0 aromatic heterocycles. The second-order valence-corrected chi connectivity index (χ2v) is 30.7. The molecule has 1 aliphatic heterocycles. The largest absolute Gasteiger partial charge is 0.468 e. The maximum Gasteiger partial charge on any atom is 0.323 e. The van der Waals surface area contributed by atoms with Gasteiger partial charge in [0, 0.05) is 65.9 Å². The van der Waals surface area contributed by atoms with Crippen molar-refractivity contribution in [2.24, 2.45) is 47.2 Å². The number of hydrogen-bond acceptors (Lipinski definition) is 17. The molecule has 26 nitrogen and oxygen atoms in total. The van der Waals surface area contributed by atoms with E-state index in [0.29, 0.717) is 0 Å². The highest BCUT2D eigenvalue weighted by atomic mass is 32.2. The number of carbonyl (C=O) groups is 12. The Balaban J connectivity index is 4.55. The lowest BCUT2D eigenvalue weighted by Gasteiger charge is -2.41. The summed E-state index contributed by atoms with van der Waals surface area (Å²) >= 11 is 2.53. The molecule has 14 atom stereocenters. The average Bonchev–Trinajstić information content (AvgIpc) is 0.822. The van der Waals surface area contributed by atoms with Crippen LogP contribution in [0.1, 0.15) is 156 Å². The second kappa shape index (κ2) is 41.4. The first kappa shape index (κ1) is 88.0. The van der Waals surface area contributed by atoms with Crippen molar-refractivity contribution in [1.29, 1.82) is 0 Å². The molecule has 1 fully saturated rings. The molecule has 0 aromatic carbocycles. The predicted molar refractivity (Wildman–Crippen MR) is 377 cm³/mol. The van der Waals surface area contributed by atoms with Gasteiger partial charge in [0.2, 0.25) is 65.0 Å². The zero-order valence-electron chi connectivity index (χ0n) is 62.3. The molecule has 28 heteroatoms. The minimum atomic E-state index is -1.67. The van der Waals surface area contributed by atoms with E-state index in [0.717, 1.165) is 4.90 Å². The van der Waals surface area contributed by atoms with Crippen molar-refractivity contribution < 1.29 is 67.4 Å². The molecule has 0 spiro atoms. The molecule has 1 aliphatic rings. The molecule has 0 saturated carbocycles. The number of allylic oxidation sites excluding steroid dienone is 2. The normalized spacial score (nSPS) is 26.2. The molecule has 1 rings (SSSR count). The molecule has 1 saturated heterocycles. The lowest BCUT2D eigenvalue weighted by molar-refractivity contribution is -0.157. The molecule has 7 N–H and O–H groups in total. The van der Waals surface area contributed by atoms with Crippen molar-refractivity contribution in [2.75, 3.05) is 73.0 Å². The van der Waals surface area contributed by atoms with Gasteiger partial charge in [-0.05, 0) is 101 Å². The topological polar surface area (TPSA) is 331 Å². The Morgan fingerprint density at radius 3 is 1.39 bits per heavy atom. The summed E-state index contributed by atoms with van der Waals surface area (Å²) in [7, 11) is 11.1. The summed E-state index contributed by atoms with van der Waals surface area (Å²) in [4.78, 5) is 185. The van der Waals surface area contributed by atoms with Crippen LogP contribution >= 0.6 is 23.5 Å². The summed E-state index contributed by atoms with van der Waals surface area (Å²) in [5.74, 6) is -10.9. The van der Waals surface area contributed by atoms with Gasteiger partial charge in [-0.3, -0.25) is 57.5 Å². The maximum absolute atomic E-state index is 15.4. The number of methoxy groups -OCH3 is 1. The minimum absolute atomic E-state index is 0.0455. The van der Waals surface area contributed by atoms with E-state index >= 15 is 28.8 Å². The number of esters is 1. The lowest BCUT2D eigenvalue weighted by atomic mass is 9.91. The Bertz CT molecular complexity index is 2650. The number of carbonyl (C=O) groups excluding carboxylic acids is 12. The summed E-state index contributed by atoms with van der Waals surface area (Å²) in [5, 5.41) is 23.7. The molecule has 1 heterocycles. The molecule has 550 valence electrons. The van der Waals surface area contributed by atoms with E-state index in [-0.39, 0.29) is 78.8 Å². The second-order valence-electron chi connectivity index (χ2n) is 28.3. The quantitative estimate of drug-likeness (QED) is 0.0391. The Morgan fingerprint density at radius 1 is 0.510 bits per heavy atom. The smallest absolute Gasteiger partial charge is 0.323 e. The van der Waals surface area contributed by atoms with Gasteiger partial charge in [-0.15, -0.1) is 23.5 Å². The number of thioether (sulfide) groups is 2. The number of nitrogens with zero attached hydrogens (tertiary/aromatic N) is 7. The van der Waals surface area contributed by atoms with Gasteiger partial charge in [0.15, 0.2) is 0 Å². The molecular formula is C68H122N12O14S2. The van der Waals surface area contributed by atoms with Gasteiger partial charge in [-0.2, -0.15) is 0 Å². The first-order valence-electron chi connectivity index (χ1n) is 33.8. The monoisotopic (exact) mass is 1390 g/mol. The zero-order chi connectivity index (χ0) is 74.2. The van der Waals surface area contributed by atoms with E-state index in [2.05, 4.69) is 21.3 Å². The summed E-state index contributed by atoms with van der Waals surface area (Å²) in [6.45, 7) is 29.7. The van der Waals surface area contributed by atoms with Crippen LogP contribution in [-0.4, -0.2) is 262 Å². The van der Waals surface area contributed by atoms with Crippen molar-refractivity contribution in [2.45, 2.75) is 235 Å². The standard InChI is InChI=1S/C68H122N12O14S2/c1-26-28-29-43(15)56(81)55-60(85)72-47(27-2)62(87)78(22)52(35-96-36-95-34-46(69)68(93)94-25)65(90)74(18)49(31-38(5)6)59(84)73-53(41(11)12)66(91)75(19)48(30-37(3)4)58(83)70-44(16)57(82)71-45(17)61(86)76(20)50(32-39(7)8)63(88)77(21)51(33-40(9)10)64(89)79(23)54(42(13)14)67(92)80(55)24/h26,28,37-56,81H,27,29-36,69H2,1-25H3,(H,70,83)(H,71,82)(H,72,85)(H,73,84)/b28-26+/t43-,44-,45+,46+,47-,48-,49+,50-,51-,52-,53-,54-,55-,56-/m1/s1. The number of likely N-dealkylation sites (N-methyl/N-ethyl adjacent to an activating group) is 7. The molecule has 0 unspecified atom stereocenters. The summed E-state index contributed by atoms with van der Waals surface area (Å²) < 4.78 is 4.79. The van der Waals surface area contributed by atoms with Gasteiger partial charge in [0.1, 0.15) is 72.5 Å². The first-order chi connectivity index (χ1) is 44.5. The number of amides is 11. The van der Waals surface area contributed by atoms with Crippen LogP contribution in [0.3, 0.4) is 0 Å². The fourth-order valence-electron chi connectivity index (χ4n) is 11.6. The Hall–Kier alpha value is -6.00. The van der Waals surface area contributed by atoms with Crippen LogP contribution in [0, 0.1) is 41.4 Å². The van der Waals surface area contributed by atoms with Gasteiger partial charge >= 0.3 is 5.97 Å². The number of hydrogen-bond donors (Lipinski definition) is 6. The lowest BCUT2D eigenvalue weighted by Crippen LogP contribution is -2.64. The fraction of sp³-hybridized carbons (Fsp3) is 0.794. The fourth-order valence-corrected chi connectivity index (χ4v) is 13.8. The molecule has 0 radical (unpaired) electrons. The Morgan fingerprint density at radius 2 is 0.927 bits per heavy atom. The number of ether oxygens (including phenoxy) is 1. The van der Waals surface area contributed by atoms with Gasteiger partial charge < -0.3 is 71.1 Å². The van der Waals surface area contributed by atoms with Crippen molar-refractivity contribution in [3.63, 3.8) is 0 Å². The summed E-state index contributed by atoms with van der Waals surface area (Å²) in [5.41, 5.74) is 6.02. The van der Waals surface area contributed by atoms with Crippen LogP contribution in [0.25, 0.3) is 0 Å². The Kier molecular flexibility index (Phi) is 38.0. The average molecular weight is 1400 g/mol. The van der Waals surface area contributed by atoms with Crippen LogP contribution < -0.4 is 27.0 Å². The third kappa shape index (κ3) is 25.4. The van der Waals surface area contributed by atoms with Crippen molar-refractivity contribution in [1.82, 2.24) is 55.6 Å². The van der Waals surface area contributed by atoms with Gasteiger partial charge in [0.05, 0.1) is 13.2 Å². The third-order valence-corrected chi connectivity index (χ3v) is 20.1. The van der Waals surface area contributed by atoms with Gasteiger partial charge in [0.25, 0.3) is 0 Å². The third-order valence-electron chi connectivity index (χ3n) is 17.6. The zero-order valence-corrected chi connectivity index (χ0v) is 64.0. The summed E-state index contributed by atoms with van der Waals surface area (Å²) in [6, 6.07) is -15.1. The van der Waals surface area contributed by atoms with E-state index in [1.165, 1.54) is 123 Å². The minimum Gasteiger partial charge on any atom is -0.468 e. The highest BCUT2D eigenvalue weighted by molar-refractivity contribution is 8.16. The number of aliphatic hydroxyl groups is 1. The number of aliphatic hydroxyl groups excluding tert-OH is 1. The SMILES string of the molecule is C/C=C/C[C@@H](C)[C@@H](O)[C@@H]1C(=O)N[C@H](CC)C(=O)N(C)[C@H](CSCSC[C@H](N)C(=O)OC)C(=O)N(C)[C@@H](CC(C)C)C(=O)N[C@H](C(C)C)C(=O)N(C)[C@H](CC(C)C)C(=O)N[C@H](C)C(=O)N[C@@H](C)C(=O)N(C)[C@H](CC(C)C)C(=O)N(C)[C@H](CC(C)C)C(=O)N(C)[C@H](C(C)C)C(=O)N1C. The molecule has 0 aromatic rings. The van der Waals surface area contributed by atoms with E-state index in [9.17, 15) is 33.9 Å². The number of nitrogens with two attached hydrogens (primary N) is 1.